The third-order valence-electron chi connectivity index (χ3n) is 5.30. The summed E-state index contributed by atoms with van der Waals surface area (Å²) in [6, 6.07) is 16.8. The molecule has 4 rings (SSSR count). The molecule has 1 heterocycles. The minimum absolute atomic E-state index is 0.0504. The van der Waals surface area contributed by atoms with Crippen molar-refractivity contribution in [3.05, 3.63) is 83.0 Å². The number of carbonyl (C=O) groups excluding carboxylic acids is 1. The average molecular weight is 451 g/mol. The molecule has 0 atom stereocenters. The van der Waals surface area contributed by atoms with Gasteiger partial charge in [0.25, 0.3) is 5.91 Å². The molecule has 0 aliphatic rings. The number of carbonyl (C=O) groups is 1. The Kier molecular flexibility index (Phi) is 5.45. The van der Waals surface area contributed by atoms with E-state index in [2.05, 4.69) is 16.3 Å². The maximum absolute atomic E-state index is 13.1. The van der Waals surface area contributed by atoms with Gasteiger partial charge in [-0.3, -0.25) is 9.89 Å². The summed E-state index contributed by atoms with van der Waals surface area (Å²) in [4.78, 5) is 14.4. The molecule has 32 heavy (non-hydrogen) atoms. The van der Waals surface area contributed by atoms with Gasteiger partial charge < -0.3 is 10.0 Å². The van der Waals surface area contributed by atoms with Crippen molar-refractivity contribution in [2.45, 2.75) is 18.2 Å². The fraction of sp³-hybridized carbons (Fsp3) is 0.130. The molecule has 1 amide bonds. The van der Waals surface area contributed by atoms with Crippen LogP contribution in [0.4, 0.5) is 5.69 Å². The fourth-order valence-corrected chi connectivity index (χ4v) is 4.10. The second kappa shape index (κ2) is 8.10. The number of sulfonamides is 1. The highest BCUT2D eigenvalue weighted by Gasteiger charge is 2.20. The summed E-state index contributed by atoms with van der Waals surface area (Å²) in [6.45, 7) is 2.02. The van der Waals surface area contributed by atoms with Crippen LogP contribution in [0.5, 0.6) is 5.75 Å². The monoisotopic (exact) mass is 450 g/mol. The van der Waals surface area contributed by atoms with Crippen molar-refractivity contribution >= 4 is 32.5 Å². The number of aromatic hydroxyl groups is 1. The summed E-state index contributed by atoms with van der Waals surface area (Å²) < 4.78 is 22.9. The number of nitrogens with two attached hydrogens (primary N) is 1. The Morgan fingerprint density at radius 2 is 1.84 bits per heavy atom. The molecule has 0 unspecified atom stereocenters. The maximum atomic E-state index is 13.1. The van der Waals surface area contributed by atoms with Crippen molar-refractivity contribution in [3.63, 3.8) is 0 Å². The molecule has 4 N–H and O–H groups in total. The molecule has 0 radical (unpaired) electrons. The van der Waals surface area contributed by atoms with E-state index in [4.69, 9.17) is 5.14 Å². The molecule has 0 saturated carbocycles. The van der Waals surface area contributed by atoms with E-state index in [1.807, 2.05) is 25.1 Å². The van der Waals surface area contributed by atoms with Crippen LogP contribution in [0, 0.1) is 6.92 Å². The molecule has 0 bridgehead atoms. The van der Waals surface area contributed by atoms with Crippen LogP contribution in [0.25, 0.3) is 10.9 Å². The molecule has 0 saturated heterocycles. The maximum Gasteiger partial charge on any atom is 0.261 e. The smallest absolute Gasteiger partial charge is 0.261 e. The third-order valence-corrected chi connectivity index (χ3v) is 6.23. The van der Waals surface area contributed by atoms with E-state index < -0.39 is 15.9 Å². The van der Waals surface area contributed by atoms with Crippen LogP contribution in [-0.4, -0.2) is 36.7 Å². The number of fused-ring (bicyclic) bond motifs is 1. The van der Waals surface area contributed by atoms with Crippen molar-refractivity contribution < 1.29 is 18.3 Å². The van der Waals surface area contributed by atoms with E-state index in [1.165, 1.54) is 35.2 Å². The van der Waals surface area contributed by atoms with Gasteiger partial charge in [0.05, 0.1) is 21.7 Å². The fourth-order valence-electron chi connectivity index (χ4n) is 3.59. The van der Waals surface area contributed by atoms with Gasteiger partial charge >= 0.3 is 0 Å². The van der Waals surface area contributed by atoms with Gasteiger partial charge in [0, 0.05) is 30.6 Å². The van der Waals surface area contributed by atoms with Crippen LogP contribution in [0.1, 0.15) is 27.2 Å². The molecular formula is C23H22N4O4S. The van der Waals surface area contributed by atoms with Crippen LogP contribution >= 0.6 is 0 Å². The zero-order valence-electron chi connectivity index (χ0n) is 17.5. The first-order valence-corrected chi connectivity index (χ1v) is 11.3. The number of aromatic amines is 1. The van der Waals surface area contributed by atoms with E-state index in [1.54, 1.807) is 13.1 Å². The van der Waals surface area contributed by atoms with Gasteiger partial charge in [0.2, 0.25) is 10.0 Å². The van der Waals surface area contributed by atoms with Crippen LogP contribution in [-0.2, 0) is 16.4 Å². The first-order chi connectivity index (χ1) is 15.1. The lowest BCUT2D eigenvalue weighted by Crippen LogP contribution is -2.26. The van der Waals surface area contributed by atoms with Gasteiger partial charge in [-0.05, 0) is 42.8 Å². The number of phenols is 1. The number of phenolic OH excluding ortho intramolecular Hbond substituents is 1. The predicted octanol–water partition coefficient (Wildman–Crippen LogP) is 3.09. The molecule has 4 aromatic rings. The number of nitrogens with one attached hydrogen (secondary N) is 1. The second-order valence-corrected chi connectivity index (χ2v) is 9.22. The van der Waals surface area contributed by atoms with E-state index >= 15 is 0 Å². The minimum Gasteiger partial charge on any atom is -0.507 e. The normalized spacial score (nSPS) is 11.6. The number of anilines is 1. The number of hydrogen-bond donors (Lipinski definition) is 3. The molecular weight excluding hydrogens is 428 g/mol. The number of benzene rings is 3. The number of hydrogen-bond acceptors (Lipinski definition) is 5. The summed E-state index contributed by atoms with van der Waals surface area (Å²) in [5.41, 5.74) is 4.19. The Hall–Kier alpha value is -3.69. The molecule has 164 valence electrons. The minimum atomic E-state index is -3.83. The lowest BCUT2D eigenvalue weighted by molar-refractivity contribution is 0.0990. The van der Waals surface area contributed by atoms with Gasteiger partial charge in [-0.15, -0.1) is 0 Å². The highest BCUT2D eigenvalue weighted by molar-refractivity contribution is 7.89. The van der Waals surface area contributed by atoms with Crippen molar-refractivity contribution in [2.75, 3.05) is 11.9 Å². The largest absolute Gasteiger partial charge is 0.507 e. The molecule has 8 nitrogen and oxygen atoms in total. The average Bonchev–Trinajstić information content (AvgIpc) is 3.13. The predicted molar refractivity (Wildman–Crippen MR) is 122 cm³/mol. The van der Waals surface area contributed by atoms with Crippen molar-refractivity contribution in [2.24, 2.45) is 5.14 Å². The van der Waals surface area contributed by atoms with Gasteiger partial charge in [0.1, 0.15) is 5.75 Å². The lowest BCUT2D eigenvalue weighted by atomic mass is 10.0. The molecule has 0 spiro atoms. The summed E-state index contributed by atoms with van der Waals surface area (Å²) in [6.07, 6.45) is 0.574. The van der Waals surface area contributed by atoms with Gasteiger partial charge in [-0.2, -0.15) is 5.10 Å². The molecule has 0 aliphatic carbocycles. The molecule has 9 heteroatoms. The van der Waals surface area contributed by atoms with Crippen LogP contribution in [0.3, 0.4) is 0 Å². The Morgan fingerprint density at radius 3 is 2.50 bits per heavy atom. The van der Waals surface area contributed by atoms with Crippen molar-refractivity contribution in [1.82, 2.24) is 10.2 Å². The van der Waals surface area contributed by atoms with E-state index in [9.17, 15) is 18.3 Å². The van der Waals surface area contributed by atoms with E-state index in [0.29, 0.717) is 17.6 Å². The Labute approximate surface area is 185 Å². The Bertz CT molecular complexity index is 1430. The standard InChI is InChI=1S/C23H22N4O4S/c1-14-4-3-5-15(10-14)11-20-18-12-19(22(28)13-21(18)26-25-20)23(29)27(2)16-6-8-17(9-7-16)32(24,30)31/h3-10,12-13,28H,11H2,1-2H3,(H,25,26)(H2,24,30,31). The highest BCUT2D eigenvalue weighted by Crippen LogP contribution is 2.29. The number of H-pyrrole nitrogens is 1. The molecule has 0 aliphatic heterocycles. The topological polar surface area (TPSA) is 129 Å². The quantitative estimate of drug-likeness (QED) is 0.430. The Balaban J connectivity index is 1.67. The SMILES string of the molecule is Cc1cccc(Cc2n[nH]c3cc(O)c(C(=O)N(C)c4ccc(S(N)(=O)=O)cc4)cc23)c1. The molecule has 1 aromatic heterocycles. The number of aromatic nitrogens is 2. The summed E-state index contributed by atoms with van der Waals surface area (Å²) in [5.74, 6) is -0.628. The summed E-state index contributed by atoms with van der Waals surface area (Å²) in [5, 5.41) is 23.6. The molecule has 3 aromatic carbocycles. The Morgan fingerprint density at radius 1 is 1.12 bits per heavy atom. The lowest BCUT2D eigenvalue weighted by Gasteiger charge is -2.18. The highest BCUT2D eigenvalue weighted by atomic mass is 32.2. The third kappa shape index (κ3) is 4.20. The number of aryl methyl sites for hydroxylation is 1. The first kappa shape index (κ1) is 21.5. The number of amides is 1. The number of primary sulfonamides is 1. The van der Waals surface area contributed by atoms with Crippen LogP contribution in [0.15, 0.2) is 65.6 Å². The summed E-state index contributed by atoms with van der Waals surface area (Å²) >= 11 is 0. The zero-order valence-corrected chi connectivity index (χ0v) is 18.3. The van der Waals surface area contributed by atoms with Crippen molar-refractivity contribution in [3.8, 4) is 5.75 Å². The number of nitrogens with zero attached hydrogens (tertiary/aromatic N) is 2. The van der Waals surface area contributed by atoms with E-state index in [0.717, 1.165) is 22.2 Å². The van der Waals surface area contributed by atoms with Crippen molar-refractivity contribution in [1.29, 1.82) is 0 Å². The van der Waals surface area contributed by atoms with E-state index in [-0.39, 0.29) is 16.2 Å². The van der Waals surface area contributed by atoms with Gasteiger partial charge in [0.15, 0.2) is 0 Å². The van der Waals surface area contributed by atoms with Gasteiger partial charge in [-0.25, -0.2) is 13.6 Å². The molecule has 0 fully saturated rings. The zero-order chi connectivity index (χ0) is 23.0. The van der Waals surface area contributed by atoms with Crippen LogP contribution in [0.2, 0.25) is 0 Å². The first-order valence-electron chi connectivity index (χ1n) is 9.80. The van der Waals surface area contributed by atoms with Gasteiger partial charge in [-0.1, -0.05) is 29.8 Å². The second-order valence-electron chi connectivity index (χ2n) is 7.65. The summed E-state index contributed by atoms with van der Waals surface area (Å²) in [7, 11) is -2.29. The number of rotatable bonds is 5. The van der Waals surface area contributed by atoms with Crippen LogP contribution < -0.4 is 10.0 Å².